The highest BCUT2D eigenvalue weighted by atomic mass is 16.5. The van der Waals surface area contributed by atoms with Crippen LogP contribution < -0.4 is 10.1 Å². The number of nitrogens with zero attached hydrogens (tertiary/aromatic N) is 2. The summed E-state index contributed by atoms with van der Waals surface area (Å²) in [6, 6.07) is 15.1. The average Bonchev–Trinajstić information content (AvgIpc) is 3.04. The molecule has 0 aliphatic rings. The van der Waals surface area contributed by atoms with Gasteiger partial charge in [-0.1, -0.05) is 29.8 Å². The van der Waals surface area contributed by atoms with E-state index in [1.54, 1.807) is 23.3 Å². The summed E-state index contributed by atoms with van der Waals surface area (Å²) in [4.78, 5) is 16.0. The minimum Gasteiger partial charge on any atom is -0.455 e. The van der Waals surface area contributed by atoms with E-state index >= 15 is 0 Å². The van der Waals surface area contributed by atoms with Gasteiger partial charge in [0.15, 0.2) is 5.75 Å². The number of hydrogen-bond acceptors (Lipinski definition) is 3. The molecule has 1 heterocycles. The lowest BCUT2D eigenvalue weighted by Gasteiger charge is -2.12. The van der Waals surface area contributed by atoms with Crippen LogP contribution in [-0.4, -0.2) is 15.5 Å². The largest absolute Gasteiger partial charge is 0.455 e. The maximum absolute atomic E-state index is 12.1. The van der Waals surface area contributed by atoms with Gasteiger partial charge in [-0.15, -0.1) is 0 Å². The Bertz CT molecular complexity index is 780. The first-order valence-electron chi connectivity index (χ1n) is 7.30. The molecule has 0 spiro atoms. The molecule has 5 heteroatoms. The molecule has 23 heavy (non-hydrogen) atoms. The van der Waals surface area contributed by atoms with E-state index in [2.05, 4.69) is 10.3 Å². The number of carbonyl (C=O) groups excluding carboxylic acids is 1. The van der Waals surface area contributed by atoms with Crippen molar-refractivity contribution in [2.75, 3.05) is 5.32 Å². The fourth-order valence-corrected chi connectivity index (χ4v) is 2.13. The van der Waals surface area contributed by atoms with E-state index in [0.29, 0.717) is 11.4 Å². The standard InChI is InChI=1S/C18H17N3O2/c1-14-6-8-15(9-7-14)23-17-5-3-2-4-16(17)20-18(22)12-21-11-10-19-13-21/h2-11,13H,12H2,1H3,(H,20,22). The van der Waals surface area contributed by atoms with Crippen LogP contribution in [0.4, 0.5) is 5.69 Å². The van der Waals surface area contributed by atoms with E-state index in [-0.39, 0.29) is 12.5 Å². The van der Waals surface area contributed by atoms with Gasteiger partial charge in [0, 0.05) is 12.4 Å². The van der Waals surface area contributed by atoms with Crippen LogP contribution >= 0.6 is 0 Å². The van der Waals surface area contributed by atoms with Crippen molar-refractivity contribution in [2.45, 2.75) is 13.5 Å². The van der Waals surface area contributed by atoms with Gasteiger partial charge in [-0.25, -0.2) is 4.98 Å². The number of para-hydroxylation sites is 2. The zero-order valence-corrected chi connectivity index (χ0v) is 12.8. The van der Waals surface area contributed by atoms with E-state index in [4.69, 9.17) is 4.74 Å². The summed E-state index contributed by atoms with van der Waals surface area (Å²) in [5.74, 6) is 1.20. The molecule has 2 aromatic carbocycles. The number of imidazole rings is 1. The molecule has 116 valence electrons. The molecule has 0 atom stereocenters. The molecular weight excluding hydrogens is 290 g/mol. The number of ether oxygens (including phenoxy) is 1. The normalized spacial score (nSPS) is 10.3. The number of nitrogens with one attached hydrogen (secondary N) is 1. The second-order valence-electron chi connectivity index (χ2n) is 5.19. The van der Waals surface area contributed by atoms with Gasteiger partial charge in [0.2, 0.25) is 5.91 Å². The fraction of sp³-hybridized carbons (Fsp3) is 0.111. The molecule has 5 nitrogen and oxygen atoms in total. The molecule has 0 fully saturated rings. The summed E-state index contributed by atoms with van der Waals surface area (Å²) in [6.45, 7) is 2.23. The van der Waals surface area contributed by atoms with Crippen LogP contribution in [0.3, 0.4) is 0 Å². The Morgan fingerprint density at radius 3 is 2.70 bits per heavy atom. The number of hydrogen-bond donors (Lipinski definition) is 1. The molecule has 0 radical (unpaired) electrons. The summed E-state index contributed by atoms with van der Waals surface area (Å²) in [7, 11) is 0. The quantitative estimate of drug-likeness (QED) is 0.783. The Hall–Kier alpha value is -3.08. The van der Waals surface area contributed by atoms with Crippen LogP contribution in [0, 0.1) is 6.92 Å². The van der Waals surface area contributed by atoms with Crippen LogP contribution in [0.1, 0.15) is 5.56 Å². The van der Waals surface area contributed by atoms with Crippen molar-refractivity contribution in [2.24, 2.45) is 0 Å². The molecule has 1 N–H and O–H groups in total. The third-order valence-electron chi connectivity index (χ3n) is 3.30. The van der Waals surface area contributed by atoms with Gasteiger partial charge in [-0.05, 0) is 31.2 Å². The number of anilines is 1. The Morgan fingerprint density at radius 2 is 1.96 bits per heavy atom. The highest BCUT2D eigenvalue weighted by Gasteiger charge is 2.09. The Morgan fingerprint density at radius 1 is 1.17 bits per heavy atom. The Kier molecular flexibility index (Phi) is 4.38. The number of benzene rings is 2. The predicted octanol–water partition coefficient (Wildman–Crippen LogP) is 3.62. The van der Waals surface area contributed by atoms with Crippen molar-refractivity contribution in [1.29, 1.82) is 0 Å². The Labute approximate surface area is 134 Å². The molecule has 0 bridgehead atoms. The van der Waals surface area contributed by atoms with Gasteiger partial charge < -0.3 is 14.6 Å². The lowest BCUT2D eigenvalue weighted by molar-refractivity contribution is -0.116. The Balaban J connectivity index is 1.72. The average molecular weight is 307 g/mol. The van der Waals surface area contributed by atoms with Gasteiger partial charge in [0.1, 0.15) is 12.3 Å². The zero-order valence-electron chi connectivity index (χ0n) is 12.8. The van der Waals surface area contributed by atoms with Gasteiger partial charge in [0.25, 0.3) is 0 Å². The van der Waals surface area contributed by atoms with E-state index in [1.807, 2.05) is 55.5 Å². The first-order chi connectivity index (χ1) is 11.2. The minimum absolute atomic E-state index is 0.136. The number of carbonyl (C=O) groups is 1. The topological polar surface area (TPSA) is 56.1 Å². The summed E-state index contributed by atoms with van der Waals surface area (Å²) >= 11 is 0. The van der Waals surface area contributed by atoms with Crippen molar-refractivity contribution in [1.82, 2.24) is 9.55 Å². The summed E-state index contributed by atoms with van der Waals surface area (Å²) in [5.41, 5.74) is 1.80. The molecular formula is C18H17N3O2. The van der Waals surface area contributed by atoms with Crippen LogP contribution in [-0.2, 0) is 11.3 Å². The first-order valence-corrected chi connectivity index (χ1v) is 7.30. The smallest absolute Gasteiger partial charge is 0.244 e. The summed E-state index contributed by atoms with van der Waals surface area (Å²) in [5, 5.41) is 2.87. The maximum Gasteiger partial charge on any atom is 0.244 e. The molecule has 0 saturated carbocycles. The van der Waals surface area contributed by atoms with Crippen molar-refractivity contribution in [3.8, 4) is 11.5 Å². The van der Waals surface area contributed by atoms with Gasteiger partial charge in [-0.3, -0.25) is 4.79 Å². The van der Waals surface area contributed by atoms with Crippen molar-refractivity contribution in [3.05, 3.63) is 72.8 Å². The number of rotatable bonds is 5. The monoisotopic (exact) mass is 307 g/mol. The van der Waals surface area contributed by atoms with Crippen molar-refractivity contribution >= 4 is 11.6 Å². The fourth-order valence-electron chi connectivity index (χ4n) is 2.13. The third kappa shape index (κ3) is 3.97. The van der Waals surface area contributed by atoms with Gasteiger partial charge >= 0.3 is 0 Å². The molecule has 3 rings (SSSR count). The highest BCUT2D eigenvalue weighted by Crippen LogP contribution is 2.29. The van der Waals surface area contributed by atoms with Crippen LogP contribution in [0.25, 0.3) is 0 Å². The number of aromatic nitrogens is 2. The zero-order chi connectivity index (χ0) is 16.1. The maximum atomic E-state index is 12.1. The SMILES string of the molecule is Cc1ccc(Oc2ccccc2NC(=O)Cn2ccnc2)cc1. The molecule has 1 amide bonds. The second kappa shape index (κ2) is 6.79. The third-order valence-corrected chi connectivity index (χ3v) is 3.30. The van der Waals surface area contributed by atoms with Crippen LogP contribution in [0.2, 0.25) is 0 Å². The highest BCUT2D eigenvalue weighted by molar-refractivity contribution is 5.92. The van der Waals surface area contributed by atoms with E-state index in [0.717, 1.165) is 5.75 Å². The van der Waals surface area contributed by atoms with Crippen molar-refractivity contribution in [3.63, 3.8) is 0 Å². The molecule has 3 aromatic rings. The molecule has 1 aromatic heterocycles. The number of amides is 1. The predicted molar refractivity (Wildman–Crippen MR) is 88.6 cm³/mol. The van der Waals surface area contributed by atoms with Crippen LogP contribution in [0.5, 0.6) is 11.5 Å². The number of aryl methyl sites for hydroxylation is 1. The molecule has 0 saturated heterocycles. The molecule has 0 aliphatic heterocycles. The second-order valence-corrected chi connectivity index (χ2v) is 5.19. The molecule has 0 unspecified atom stereocenters. The minimum atomic E-state index is -0.136. The lowest BCUT2D eigenvalue weighted by atomic mass is 10.2. The van der Waals surface area contributed by atoms with E-state index < -0.39 is 0 Å². The first kappa shape index (κ1) is 14.8. The van der Waals surface area contributed by atoms with E-state index in [1.165, 1.54) is 5.56 Å². The van der Waals surface area contributed by atoms with Crippen molar-refractivity contribution < 1.29 is 9.53 Å². The summed E-state index contributed by atoms with van der Waals surface area (Å²) in [6.07, 6.45) is 4.99. The van der Waals surface area contributed by atoms with E-state index in [9.17, 15) is 4.79 Å². The van der Waals surface area contributed by atoms with Crippen LogP contribution in [0.15, 0.2) is 67.3 Å². The summed E-state index contributed by atoms with van der Waals surface area (Å²) < 4.78 is 7.57. The lowest BCUT2D eigenvalue weighted by Crippen LogP contribution is -2.18. The van der Waals surface area contributed by atoms with Gasteiger partial charge in [0.05, 0.1) is 12.0 Å². The molecule has 0 aliphatic carbocycles. The van der Waals surface area contributed by atoms with Gasteiger partial charge in [-0.2, -0.15) is 0 Å².